The van der Waals surface area contributed by atoms with Gasteiger partial charge in [0.25, 0.3) is 0 Å². The summed E-state index contributed by atoms with van der Waals surface area (Å²) < 4.78 is 0. The molecular weight excluding hydrogens is 268 g/mol. The fourth-order valence-electron chi connectivity index (χ4n) is 2.12. The lowest BCUT2D eigenvalue weighted by atomic mass is 10.2. The predicted molar refractivity (Wildman–Crippen MR) is 81.1 cm³/mol. The van der Waals surface area contributed by atoms with Crippen LogP contribution in [0.3, 0.4) is 0 Å². The average molecular weight is 280 g/mol. The Morgan fingerprint density at radius 3 is 2.80 bits per heavy atom. The van der Waals surface area contributed by atoms with Crippen LogP contribution in [0.5, 0.6) is 0 Å². The molecule has 2 heterocycles. The predicted octanol–water partition coefficient (Wildman–Crippen LogP) is 3.74. The van der Waals surface area contributed by atoms with E-state index in [0.29, 0.717) is 13.0 Å². The topological polar surface area (TPSA) is 52.8 Å². The van der Waals surface area contributed by atoms with Crippen molar-refractivity contribution in [1.82, 2.24) is 9.97 Å². The zero-order valence-corrected chi connectivity index (χ0v) is 11.5. The van der Waals surface area contributed by atoms with Gasteiger partial charge in [0.05, 0.1) is 17.9 Å². The van der Waals surface area contributed by atoms with Crippen LogP contribution in [-0.2, 0) is 0 Å². The number of hydrogen-bond donors (Lipinski definition) is 0. The number of aromatic nitrogens is 2. The number of para-hydroxylation sites is 1. The Morgan fingerprint density at radius 2 is 2.00 bits per heavy atom. The fourth-order valence-corrected chi connectivity index (χ4v) is 2.85. The van der Waals surface area contributed by atoms with Crippen LogP contribution in [0.25, 0.3) is 10.2 Å². The minimum Gasteiger partial charge on any atom is -0.325 e. The highest BCUT2D eigenvalue weighted by Gasteiger charge is 2.14. The Morgan fingerprint density at radius 1 is 1.15 bits per heavy atom. The summed E-state index contributed by atoms with van der Waals surface area (Å²) in [6.45, 7) is 0.614. The molecule has 4 nitrogen and oxygen atoms in total. The lowest BCUT2D eigenvalue weighted by Gasteiger charge is -2.23. The Kier molecular flexibility index (Phi) is 3.57. The van der Waals surface area contributed by atoms with E-state index in [1.165, 1.54) is 0 Å². The molecule has 0 spiro atoms. The summed E-state index contributed by atoms with van der Waals surface area (Å²) in [6, 6.07) is 14.2. The maximum absolute atomic E-state index is 8.87. The van der Waals surface area contributed by atoms with Gasteiger partial charge in [0, 0.05) is 12.2 Å². The molecule has 98 valence electrons. The van der Waals surface area contributed by atoms with Crippen molar-refractivity contribution >= 4 is 33.1 Å². The van der Waals surface area contributed by atoms with E-state index in [-0.39, 0.29) is 0 Å². The lowest BCUT2D eigenvalue weighted by Crippen LogP contribution is -2.19. The second-order valence-corrected chi connectivity index (χ2v) is 5.13. The number of hydrogen-bond acceptors (Lipinski definition) is 5. The quantitative estimate of drug-likeness (QED) is 0.730. The molecule has 0 bridgehead atoms. The van der Waals surface area contributed by atoms with Crippen molar-refractivity contribution in [2.45, 2.75) is 6.42 Å². The van der Waals surface area contributed by atoms with Gasteiger partial charge < -0.3 is 4.90 Å². The van der Waals surface area contributed by atoms with E-state index in [1.807, 2.05) is 41.8 Å². The number of thiophene rings is 1. The van der Waals surface area contributed by atoms with Crippen molar-refractivity contribution in [3.63, 3.8) is 0 Å². The molecule has 3 aromatic rings. The van der Waals surface area contributed by atoms with Gasteiger partial charge in [0.2, 0.25) is 0 Å². The summed E-state index contributed by atoms with van der Waals surface area (Å²) >= 11 is 1.60. The van der Waals surface area contributed by atoms with E-state index in [4.69, 9.17) is 5.26 Å². The molecule has 0 aliphatic carbocycles. The third-order valence-corrected chi connectivity index (χ3v) is 3.83. The standard InChI is InChI=1S/C15H12N4S/c16-8-4-9-19(12-5-2-1-3-6-12)14-13-7-10-20-15(13)18-11-17-14/h1-3,5-7,10-11H,4,9H2. The second-order valence-electron chi connectivity index (χ2n) is 4.23. The third kappa shape index (κ3) is 2.33. The molecule has 0 aliphatic rings. The molecule has 0 amide bonds. The first-order valence-electron chi connectivity index (χ1n) is 6.28. The summed E-state index contributed by atoms with van der Waals surface area (Å²) in [5, 5.41) is 11.9. The lowest BCUT2D eigenvalue weighted by molar-refractivity contribution is 0.929. The van der Waals surface area contributed by atoms with Gasteiger partial charge in [-0.3, -0.25) is 0 Å². The van der Waals surface area contributed by atoms with Crippen LogP contribution in [0.15, 0.2) is 48.1 Å². The first-order valence-corrected chi connectivity index (χ1v) is 7.16. The highest BCUT2D eigenvalue weighted by Crippen LogP contribution is 2.31. The Bertz CT molecular complexity index is 745. The molecule has 0 unspecified atom stereocenters. The molecule has 3 rings (SSSR count). The van der Waals surface area contributed by atoms with E-state index >= 15 is 0 Å². The number of benzene rings is 1. The van der Waals surface area contributed by atoms with Gasteiger partial charge in [-0.15, -0.1) is 11.3 Å². The average Bonchev–Trinajstić information content (AvgIpc) is 2.98. The minimum atomic E-state index is 0.449. The number of fused-ring (bicyclic) bond motifs is 1. The van der Waals surface area contributed by atoms with E-state index < -0.39 is 0 Å². The fraction of sp³-hybridized carbons (Fsp3) is 0.133. The van der Waals surface area contributed by atoms with Crippen LogP contribution in [-0.4, -0.2) is 16.5 Å². The van der Waals surface area contributed by atoms with Gasteiger partial charge in [-0.25, -0.2) is 9.97 Å². The minimum absolute atomic E-state index is 0.449. The van der Waals surface area contributed by atoms with E-state index in [2.05, 4.69) is 20.9 Å². The smallest absolute Gasteiger partial charge is 0.145 e. The summed E-state index contributed by atoms with van der Waals surface area (Å²) in [7, 11) is 0. The summed E-state index contributed by atoms with van der Waals surface area (Å²) in [6.07, 6.45) is 2.03. The number of nitriles is 1. The molecule has 0 aliphatic heterocycles. The van der Waals surface area contributed by atoms with Crippen molar-refractivity contribution in [2.75, 3.05) is 11.4 Å². The zero-order valence-electron chi connectivity index (χ0n) is 10.7. The van der Waals surface area contributed by atoms with Crippen molar-refractivity contribution < 1.29 is 0 Å². The van der Waals surface area contributed by atoms with Gasteiger partial charge >= 0.3 is 0 Å². The number of rotatable bonds is 4. The Balaban J connectivity index is 2.10. The molecule has 0 saturated carbocycles. The van der Waals surface area contributed by atoms with Crippen LogP contribution in [0.1, 0.15) is 6.42 Å². The molecule has 0 saturated heterocycles. The van der Waals surface area contributed by atoms with Crippen LogP contribution in [0.4, 0.5) is 11.5 Å². The maximum Gasteiger partial charge on any atom is 0.145 e. The first-order chi connectivity index (χ1) is 9.90. The summed E-state index contributed by atoms with van der Waals surface area (Å²) in [5.41, 5.74) is 1.04. The van der Waals surface area contributed by atoms with E-state index in [1.54, 1.807) is 17.7 Å². The van der Waals surface area contributed by atoms with Crippen molar-refractivity contribution in [1.29, 1.82) is 5.26 Å². The molecule has 1 aromatic carbocycles. The largest absolute Gasteiger partial charge is 0.325 e. The normalized spacial score (nSPS) is 10.3. The molecule has 0 N–H and O–H groups in total. The molecule has 0 atom stereocenters. The van der Waals surface area contributed by atoms with E-state index in [0.717, 1.165) is 21.7 Å². The van der Waals surface area contributed by atoms with Crippen LogP contribution >= 0.6 is 11.3 Å². The van der Waals surface area contributed by atoms with Crippen molar-refractivity contribution in [3.05, 3.63) is 48.1 Å². The first kappa shape index (κ1) is 12.6. The molecule has 0 fully saturated rings. The van der Waals surface area contributed by atoms with E-state index in [9.17, 15) is 0 Å². The molecule has 2 aromatic heterocycles. The van der Waals surface area contributed by atoms with Crippen molar-refractivity contribution in [2.24, 2.45) is 0 Å². The van der Waals surface area contributed by atoms with Crippen molar-refractivity contribution in [3.8, 4) is 6.07 Å². The van der Waals surface area contributed by atoms with Crippen LogP contribution in [0, 0.1) is 11.3 Å². The van der Waals surface area contributed by atoms with Gasteiger partial charge in [-0.05, 0) is 23.6 Å². The maximum atomic E-state index is 8.87. The highest BCUT2D eigenvalue weighted by atomic mass is 32.1. The van der Waals surface area contributed by atoms with Gasteiger partial charge in [-0.1, -0.05) is 18.2 Å². The molecule has 0 radical (unpaired) electrons. The second kappa shape index (κ2) is 5.68. The Hall–Kier alpha value is -2.45. The highest BCUT2D eigenvalue weighted by molar-refractivity contribution is 7.16. The van der Waals surface area contributed by atoms with Crippen LogP contribution in [0.2, 0.25) is 0 Å². The SMILES string of the molecule is N#CCCN(c1ccccc1)c1ncnc2sccc12. The van der Waals surface area contributed by atoms with Gasteiger partial charge in [0.1, 0.15) is 17.0 Å². The molecule has 5 heteroatoms. The number of anilines is 2. The Labute approximate surface area is 120 Å². The zero-order chi connectivity index (χ0) is 13.8. The number of nitrogens with zero attached hydrogens (tertiary/aromatic N) is 4. The molecular formula is C15H12N4S. The van der Waals surface area contributed by atoms with Crippen LogP contribution < -0.4 is 4.90 Å². The van der Waals surface area contributed by atoms with Gasteiger partial charge in [-0.2, -0.15) is 5.26 Å². The summed E-state index contributed by atoms with van der Waals surface area (Å²) in [5.74, 6) is 0.859. The molecule has 20 heavy (non-hydrogen) atoms. The van der Waals surface area contributed by atoms with Gasteiger partial charge in [0.15, 0.2) is 0 Å². The summed E-state index contributed by atoms with van der Waals surface area (Å²) in [4.78, 5) is 11.7. The third-order valence-electron chi connectivity index (χ3n) is 3.01. The monoisotopic (exact) mass is 280 g/mol.